The minimum Gasteiger partial charge on any atom is -0.595 e. The first-order valence-corrected chi connectivity index (χ1v) is 6.63. The Balaban J connectivity index is 2.16. The summed E-state index contributed by atoms with van der Waals surface area (Å²) in [4.78, 5) is 1.88. The standard InChI is InChI=1S/C11H16N4O5S/c16-14(17)9-5-8(6-10(7-9)15(18)19)12-11(21)13-1-3-20-4-2-13/h5-7,14-16,18H,1-4H2,(H,12,21). The number of ether oxygens (including phenoxy) is 1. The highest BCUT2D eigenvalue weighted by Crippen LogP contribution is 2.18. The third-order valence-electron chi connectivity index (χ3n) is 2.98. The van der Waals surface area contributed by atoms with Gasteiger partial charge in [-0.25, -0.2) is 10.4 Å². The average Bonchev–Trinajstić information content (AvgIpc) is 2.47. The van der Waals surface area contributed by atoms with Gasteiger partial charge in [-0.2, -0.15) is 10.5 Å². The van der Waals surface area contributed by atoms with Gasteiger partial charge in [0, 0.05) is 25.2 Å². The molecule has 2 rings (SSSR count). The molecule has 9 nitrogen and oxygen atoms in total. The number of benzene rings is 1. The van der Waals surface area contributed by atoms with Gasteiger partial charge < -0.3 is 25.4 Å². The van der Waals surface area contributed by atoms with E-state index in [0.29, 0.717) is 37.1 Å². The topological polar surface area (TPSA) is 120 Å². The van der Waals surface area contributed by atoms with Crippen molar-refractivity contribution in [3.8, 4) is 0 Å². The van der Waals surface area contributed by atoms with E-state index in [-0.39, 0.29) is 11.4 Å². The Hall–Kier alpha value is -1.37. The van der Waals surface area contributed by atoms with Crippen molar-refractivity contribution in [1.82, 2.24) is 4.90 Å². The Morgan fingerprint density at radius 1 is 1.14 bits per heavy atom. The van der Waals surface area contributed by atoms with Gasteiger partial charge in [0.25, 0.3) is 0 Å². The van der Waals surface area contributed by atoms with Crippen molar-refractivity contribution < 1.29 is 25.6 Å². The number of nitrogens with one attached hydrogen (secondary N) is 3. The molecule has 0 aromatic heterocycles. The summed E-state index contributed by atoms with van der Waals surface area (Å²) in [6.45, 7) is 2.40. The molecule has 1 aliphatic rings. The lowest BCUT2D eigenvalue weighted by molar-refractivity contribution is -0.996. The molecule has 0 bridgehead atoms. The first kappa shape index (κ1) is 16.0. The number of thiocarbonyl (C=S) groups is 1. The number of nitrogens with zero attached hydrogens (tertiary/aromatic N) is 1. The Morgan fingerprint density at radius 2 is 1.67 bits per heavy atom. The average molecular weight is 316 g/mol. The molecule has 1 heterocycles. The molecule has 10 heteroatoms. The quantitative estimate of drug-likeness (QED) is 0.338. The van der Waals surface area contributed by atoms with Crippen molar-refractivity contribution in [3.63, 3.8) is 0 Å². The van der Waals surface area contributed by atoms with Crippen LogP contribution < -0.4 is 15.8 Å². The van der Waals surface area contributed by atoms with Crippen LogP contribution >= 0.6 is 12.2 Å². The molecule has 0 spiro atoms. The number of anilines is 1. The fourth-order valence-corrected chi connectivity index (χ4v) is 2.22. The minimum absolute atomic E-state index is 0.109. The summed E-state index contributed by atoms with van der Waals surface area (Å²) < 4.78 is 5.22. The molecule has 1 aromatic carbocycles. The van der Waals surface area contributed by atoms with E-state index in [2.05, 4.69) is 5.32 Å². The monoisotopic (exact) mass is 316 g/mol. The van der Waals surface area contributed by atoms with E-state index in [9.17, 15) is 10.4 Å². The van der Waals surface area contributed by atoms with Crippen LogP contribution in [0.15, 0.2) is 18.2 Å². The number of quaternary nitrogens is 2. The summed E-state index contributed by atoms with van der Waals surface area (Å²) in [6, 6.07) is 3.80. The zero-order valence-corrected chi connectivity index (χ0v) is 11.9. The lowest BCUT2D eigenvalue weighted by Gasteiger charge is -2.29. The molecule has 2 unspecified atom stereocenters. The molecule has 0 aliphatic carbocycles. The number of morpholine rings is 1. The zero-order chi connectivity index (χ0) is 15.4. The maximum Gasteiger partial charge on any atom is 0.173 e. The fraction of sp³-hybridized carbons (Fsp3) is 0.364. The minimum atomic E-state index is -1.20. The van der Waals surface area contributed by atoms with Crippen molar-refractivity contribution in [2.24, 2.45) is 0 Å². The predicted octanol–water partition coefficient (Wildman–Crippen LogP) is -1.48. The third kappa shape index (κ3) is 4.30. The van der Waals surface area contributed by atoms with E-state index < -0.39 is 10.5 Å². The second-order valence-corrected chi connectivity index (χ2v) is 4.83. The Morgan fingerprint density at radius 3 is 2.14 bits per heavy atom. The van der Waals surface area contributed by atoms with E-state index >= 15 is 0 Å². The summed E-state index contributed by atoms with van der Waals surface area (Å²) in [7, 11) is 0. The highest BCUT2D eigenvalue weighted by molar-refractivity contribution is 7.80. The van der Waals surface area contributed by atoms with Gasteiger partial charge in [-0.15, -0.1) is 0 Å². The lowest BCUT2D eigenvalue weighted by Crippen LogP contribution is -3.00. The molecule has 1 fully saturated rings. The summed E-state index contributed by atoms with van der Waals surface area (Å²) >= 11 is 5.24. The van der Waals surface area contributed by atoms with Crippen LogP contribution in [0.2, 0.25) is 0 Å². The van der Waals surface area contributed by atoms with Gasteiger partial charge in [0.2, 0.25) is 0 Å². The third-order valence-corrected chi connectivity index (χ3v) is 3.34. The van der Waals surface area contributed by atoms with Crippen LogP contribution in [0.25, 0.3) is 0 Å². The molecule has 116 valence electrons. The first-order valence-electron chi connectivity index (χ1n) is 6.23. The zero-order valence-electron chi connectivity index (χ0n) is 11.0. The molecule has 1 aliphatic heterocycles. The summed E-state index contributed by atoms with van der Waals surface area (Å²) in [5.41, 5.74) is 0.119. The van der Waals surface area contributed by atoms with Crippen LogP contribution in [0.5, 0.6) is 0 Å². The van der Waals surface area contributed by atoms with Crippen molar-refractivity contribution >= 4 is 34.4 Å². The maximum atomic E-state index is 11.0. The van der Waals surface area contributed by atoms with Crippen LogP contribution in [-0.4, -0.2) is 46.7 Å². The van der Waals surface area contributed by atoms with Crippen LogP contribution in [0.4, 0.5) is 17.1 Å². The van der Waals surface area contributed by atoms with Crippen LogP contribution in [-0.2, 0) is 4.74 Å². The van der Waals surface area contributed by atoms with Crippen LogP contribution in [0.3, 0.4) is 0 Å². The van der Waals surface area contributed by atoms with E-state index in [1.807, 2.05) is 4.90 Å². The Bertz CT molecular complexity index is 481. The normalized spacial score (nSPS) is 18.2. The predicted molar refractivity (Wildman–Crippen MR) is 76.6 cm³/mol. The first-order chi connectivity index (χ1) is 9.97. The molecule has 1 aromatic rings. The molecular formula is C11H16N4O5S. The van der Waals surface area contributed by atoms with Crippen molar-refractivity contribution in [2.75, 3.05) is 31.6 Å². The van der Waals surface area contributed by atoms with Gasteiger partial charge in [-0.1, -0.05) is 0 Å². The number of hydrogen-bond acceptors (Lipinski definition) is 6. The fourth-order valence-electron chi connectivity index (χ4n) is 1.92. The smallest absolute Gasteiger partial charge is 0.173 e. The van der Waals surface area contributed by atoms with Gasteiger partial charge in [-0.3, -0.25) is 0 Å². The molecule has 0 radical (unpaired) electrons. The molecular weight excluding hydrogens is 300 g/mol. The maximum absolute atomic E-state index is 11.0. The summed E-state index contributed by atoms with van der Waals surface area (Å²) in [5.74, 6) is 0. The largest absolute Gasteiger partial charge is 0.595 e. The summed E-state index contributed by atoms with van der Waals surface area (Å²) in [5, 5.41) is 41.0. The van der Waals surface area contributed by atoms with E-state index in [4.69, 9.17) is 27.4 Å². The molecule has 1 saturated heterocycles. The second-order valence-electron chi connectivity index (χ2n) is 4.44. The van der Waals surface area contributed by atoms with Crippen molar-refractivity contribution in [2.45, 2.75) is 0 Å². The number of hydrogen-bond donors (Lipinski definition) is 5. The molecule has 2 atom stereocenters. The van der Waals surface area contributed by atoms with Crippen LogP contribution in [0.1, 0.15) is 0 Å². The van der Waals surface area contributed by atoms with E-state index in [0.717, 1.165) is 6.07 Å². The van der Waals surface area contributed by atoms with Gasteiger partial charge in [-0.05, 0) is 12.2 Å². The lowest BCUT2D eigenvalue weighted by atomic mass is 10.2. The Labute approximate surface area is 126 Å². The molecule has 21 heavy (non-hydrogen) atoms. The second kappa shape index (κ2) is 7.06. The van der Waals surface area contributed by atoms with Crippen molar-refractivity contribution in [3.05, 3.63) is 28.6 Å². The Kier molecular flexibility index (Phi) is 5.39. The molecule has 0 amide bonds. The van der Waals surface area contributed by atoms with E-state index in [1.165, 1.54) is 12.1 Å². The highest BCUT2D eigenvalue weighted by Gasteiger charge is 2.16. The van der Waals surface area contributed by atoms with Gasteiger partial charge in [0.05, 0.1) is 25.0 Å². The number of rotatable bonds is 3. The highest BCUT2D eigenvalue weighted by atomic mass is 32.1. The molecule has 5 N–H and O–H groups in total. The van der Waals surface area contributed by atoms with Gasteiger partial charge in [0.1, 0.15) is 0 Å². The SMILES string of the molecule is [O-][NH+](O)c1cc(NC(=S)N2CCOCC2)cc([NH+]([O-])O)c1. The van der Waals surface area contributed by atoms with Gasteiger partial charge in [0.15, 0.2) is 16.5 Å². The summed E-state index contributed by atoms with van der Waals surface area (Å²) in [6.07, 6.45) is 0. The van der Waals surface area contributed by atoms with Crippen LogP contribution in [0, 0.1) is 10.4 Å². The van der Waals surface area contributed by atoms with E-state index in [1.54, 1.807) is 0 Å². The molecule has 0 saturated carbocycles. The van der Waals surface area contributed by atoms with Gasteiger partial charge >= 0.3 is 0 Å². The van der Waals surface area contributed by atoms with Crippen molar-refractivity contribution in [1.29, 1.82) is 0 Å².